The lowest BCUT2D eigenvalue weighted by molar-refractivity contribution is 0.667. The van der Waals surface area contributed by atoms with Crippen molar-refractivity contribution in [3.63, 3.8) is 0 Å². The van der Waals surface area contributed by atoms with Crippen molar-refractivity contribution in [1.29, 1.82) is 0 Å². The van der Waals surface area contributed by atoms with Crippen molar-refractivity contribution >= 4 is 74.6 Å². The van der Waals surface area contributed by atoms with Gasteiger partial charge >= 0.3 is 0 Å². The van der Waals surface area contributed by atoms with E-state index in [1.54, 1.807) is 0 Å². The Morgan fingerprint density at radius 2 is 0.857 bits per heavy atom. The van der Waals surface area contributed by atoms with Crippen LogP contribution in [-0.4, -0.2) is 0 Å². The molecule has 1 heterocycles. The zero-order valence-electron chi connectivity index (χ0n) is 31.2. The highest BCUT2D eigenvalue weighted by Crippen LogP contribution is 2.58. The third-order valence-electron chi connectivity index (χ3n) is 12.6. The number of hydrogen-bond acceptors (Lipinski definition) is 1. The average Bonchev–Trinajstić information content (AvgIpc) is 3.75. The third kappa shape index (κ3) is 4.29. The van der Waals surface area contributed by atoms with Gasteiger partial charge in [0.2, 0.25) is 0 Å². The lowest BCUT2D eigenvalue weighted by Gasteiger charge is -2.24. The first kappa shape index (κ1) is 31.8. The molecule has 0 bridgehead atoms. The highest BCUT2D eigenvalue weighted by atomic mass is 32.1. The van der Waals surface area contributed by atoms with Crippen LogP contribution in [0.25, 0.3) is 108 Å². The summed E-state index contributed by atoms with van der Waals surface area (Å²) < 4.78 is 2.75. The normalized spacial score (nSPS) is 13.3. The van der Waals surface area contributed by atoms with Crippen LogP contribution in [0.1, 0.15) is 25.0 Å². The molecule has 1 aromatic heterocycles. The topological polar surface area (TPSA) is 0 Å². The standard InChI is InChI=1S/C55H36S/c1-55(2)47-32-34(28-29-45(47)51-52-46-26-14-15-27-48(46)56-54(52)44-25-13-12-24-43(44)53(51)55)35-30-31-42(37-19-7-6-18-36(35)37)50-40-22-10-8-20-38(40)49(33-16-4-3-5-17-33)39-21-9-11-23-41(39)50/h3-32H,1-2H3. The first-order valence-corrected chi connectivity index (χ1v) is 20.4. The summed E-state index contributed by atoms with van der Waals surface area (Å²) in [5.41, 5.74) is 13.1. The number of rotatable bonds is 3. The van der Waals surface area contributed by atoms with Gasteiger partial charge in [-0.15, -0.1) is 11.3 Å². The van der Waals surface area contributed by atoms with E-state index in [2.05, 4.69) is 196 Å². The molecule has 0 saturated heterocycles. The Hall–Kier alpha value is -6.54. The Morgan fingerprint density at radius 1 is 0.357 bits per heavy atom. The first-order chi connectivity index (χ1) is 27.6. The van der Waals surface area contributed by atoms with Crippen LogP contribution in [0.4, 0.5) is 0 Å². The predicted molar refractivity (Wildman–Crippen MR) is 243 cm³/mol. The van der Waals surface area contributed by atoms with E-state index in [1.165, 1.54) is 119 Å². The van der Waals surface area contributed by atoms with E-state index in [1.807, 2.05) is 11.3 Å². The molecule has 0 aliphatic heterocycles. The summed E-state index contributed by atoms with van der Waals surface area (Å²) in [5.74, 6) is 0. The Morgan fingerprint density at radius 3 is 1.54 bits per heavy atom. The summed E-state index contributed by atoms with van der Waals surface area (Å²) in [4.78, 5) is 0. The van der Waals surface area contributed by atoms with Crippen molar-refractivity contribution < 1.29 is 0 Å². The third-order valence-corrected chi connectivity index (χ3v) is 13.8. The first-order valence-electron chi connectivity index (χ1n) is 19.6. The molecule has 0 nitrogen and oxygen atoms in total. The largest absolute Gasteiger partial charge is 0.135 e. The smallest absolute Gasteiger partial charge is 0.0440 e. The summed E-state index contributed by atoms with van der Waals surface area (Å²) in [6.07, 6.45) is 0. The second kappa shape index (κ2) is 11.7. The van der Waals surface area contributed by atoms with E-state index in [-0.39, 0.29) is 5.41 Å². The molecule has 0 radical (unpaired) electrons. The molecule has 262 valence electrons. The maximum absolute atomic E-state index is 2.51. The van der Waals surface area contributed by atoms with E-state index in [4.69, 9.17) is 0 Å². The summed E-state index contributed by atoms with van der Waals surface area (Å²) >= 11 is 1.93. The fourth-order valence-corrected chi connectivity index (χ4v) is 11.5. The molecule has 10 aromatic carbocycles. The van der Waals surface area contributed by atoms with Gasteiger partial charge in [0.1, 0.15) is 0 Å². The summed E-state index contributed by atoms with van der Waals surface area (Å²) in [6.45, 7) is 4.87. The van der Waals surface area contributed by atoms with Gasteiger partial charge in [0.05, 0.1) is 0 Å². The minimum Gasteiger partial charge on any atom is -0.135 e. The van der Waals surface area contributed by atoms with Crippen LogP contribution in [0.5, 0.6) is 0 Å². The lowest BCUT2D eigenvalue weighted by atomic mass is 9.79. The van der Waals surface area contributed by atoms with Gasteiger partial charge < -0.3 is 0 Å². The number of fused-ring (bicyclic) bond motifs is 13. The van der Waals surface area contributed by atoms with Gasteiger partial charge in [-0.05, 0) is 111 Å². The van der Waals surface area contributed by atoms with Crippen molar-refractivity contribution in [2.75, 3.05) is 0 Å². The number of thiophene rings is 1. The van der Waals surface area contributed by atoms with Crippen LogP contribution in [0, 0.1) is 0 Å². The minimum absolute atomic E-state index is 0.175. The van der Waals surface area contributed by atoms with Gasteiger partial charge in [-0.25, -0.2) is 0 Å². The molecule has 0 saturated carbocycles. The molecule has 0 amide bonds. The molecule has 56 heavy (non-hydrogen) atoms. The second-order valence-electron chi connectivity index (χ2n) is 15.9. The zero-order chi connectivity index (χ0) is 37.1. The SMILES string of the molecule is CC1(C)c2cc(-c3ccc(-c4c5ccccc5c(-c5ccccc5)c5ccccc45)c4ccccc34)ccc2-c2c1c1ccccc1c1sc3ccccc3c21. The minimum atomic E-state index is -0.175. The van der Waals surface area contributed by atoms with Crippen LogP contribution >= 0.6 is 11.3 Å². The van der Waals surface area contributed by atoms with Crippen molar-refractivity contribution in [1.82, 2.24) is 0 Å². The summed E-state index contributed by atoms with van der Waals surface area (Å²) in [6, 6.07) is 67.9. The molecule has 0 unspecified atom stereocenters. The van der Waals surface area contributed by atoms with Crippen molar-refractivity contribution in [3.8, 4) is 44.5 Å². The van der Waals surface area contributed by atoms with Gasteiger partial charge in [0, 0.05) is 25.6 Å². The van der Waals surface area contributed by atoms with Crippen LogP contribution in [0.2, 0.25) is 0 Å². The summed E-state index contributed by atoms with van der Waals surface area (Å²) in [5, 5.41) is 13.2. The fourth-order valence-electron chi connectivity index (χ4n) is 10.2. The molecule has 11 aromatic rings. The van der Waals surface area contributed by atoms with E-state index in [0.29, 0.717) is 0 Å². The predicted octanol–water partition coefficient (Wildman–Crippen LogP) is 16.0. The number of benzene rings is 10. The highest BCUT2D eigenvalue weighted by molar-refractivity contribution is 7.26. The molecular formula is C55H36S. The fraction of sp³-hybridized carbons (Fsp3) is 0.0545. The molecule has 1 heteroatoms. The molecule has 12 rings (SSSR count). The van der Waals surface area contributed by atoms with Crippen LogP contribution in [0.15, 0.2) is 182 Å². The highest BCUT2D eigenvalue weighted by Gasteiger charge is 2.39. The molecular weight excluding hydrogens is 693 g/mol. The van der Waals surface area contributed by atoms with Crippen molar-refractivity contribution in [3.05, 3.63) is 193 Å². The molecule has 0 fully saturated rings. The monoisotopic (exact) mass is 728 g/mol. The van der Waals surface area contributed by atoms with Crippen LogP contribution in [0.3, 0.4) is 0 Å². The van der Waals surface area contributed by atoms with Crippen LogP contribution in [-0.2, 0) is 5.41 Å². The Balaban J connectivity index is 1.10. The van der Waals surface area contributed by atoms with Gasteiger partial charge in [-0.1, -0.05) is 184 Å². The van der Waals surface area contributed by atoms with E-state index >= 15 is 0 Å². The Labute approximate surface area is 329 Å². The van der Waals surface area contributed by atoms with Gasteiger partial charge in [0.15, 0.2) is 0 Å². The molecule has 1 aliphatic carbocycles. The molecule has 0 N–H and O–H groups in total. The van der Waals surface area contributed by atoms with Gasteiger partial charge in [-0.3, -0.25) is 0 Å². The van der Waals surface area contributed by atoms with Gasteiger partial charge in [0.25, 0.3) is 0 Å². The zero-order valence-corrected chi connectivity index (χ0v) is 32.0. The molecule has 1 aliphatic rings. The van der Waals surface area contributed by atoms with Crippen molar-refractivity contribution in [2.24, 2.45) is 0 Å². The maximum Gasteiger partial charge on any atom is 0.0440 e. The molecule has 0 atom stereocenters. The Kier molecular flexibility index (Phi) is 6.66. The van der Waals surface area contributed by atoms with E-state index in [0.717, 1.165) is 0 Å². The average molecular weight is 729 g/mol. The molecule has 0 spiro atoms. The van der Waals surface area contributed by atoms with E-state index < -0.39 is 0 Å². The number of hydrogen-bond donors (Lipinski definition) is 0. The second-order valence-corrected chi connectivity index (χ2v) is 16.9. The van der Waals surface area contributed by atoms with Crippen LogP contribution < -0.4 is 0 Å². The quantitative estimate of drug-likeness (QED) is 0.159. The van der Waals surface area contributed by atoms with Gasteiger partial charge in [-0.2, -0.15) is 0 Å². The lowest BCUT2D eigenvalue weighted by Crippen LogP contribution is -2.15. The Bertz CT molecular complexity index is 3380. The van der Waals surface area contributed by atoms with Crippen molar-refractivity contribution in [2.45, 2.75) is 19.3 Å². The van der Waals surface area contributed by atoms with E-state index in [9.17, 15) is 0 Å². The maximum atomic E-state index is 2.51. The summed E-state index contributed by atoms with van der Waals surface area (Å²) in [7, 11) is 0.